The van der Waals surface area contributed by atoms with Gasteiger partial charge >= 0.3 is 24.7 Å². The number of allylic oxidation sites excluding steroid dienone is 2. The van der Waals surface area contributed by atoms with Crippen LogP contribution in [0.1, 0.15) is 109 Å². The molecule has 2 unspecified atom stereocenters. The maximum atomic E-state index is 14.0. The monoisotopic (exact) mass is 852 g/mol. The van der Waals surface area contributed by atoms with Gasteiger partial charge in [0.05, 0.1) is 22.3 Å². The van der Waals surface area contributed by atoms with Crippen molar-refractivity contribution < 1.29 is 52.7 Å². The molecule has 0 heterocycles. The maximum Gasteiger partial charge on any atom is 0.416 e. The van der Waals surface area contributed by atoms with E-state index >= 15 is 0 Å². The van der Waals surface area contributed by atoms with Gasteiger partial charge in [0.25, 0.3) is 0 Å². The normalized spacial score (nSPS) is 17.8. The van der Waals surface area contributed by atoms with Gasteiger partial charge in [0.2, 0.25) is 0 Å². The zero-order valence-electron chi connectivity index (χ0n) is 33.7. The molecule has 316 valence electrons. The van der Waals surface area contributed by atoms with Gasteiger partial charge in [0.1, 0.15) is 0 Å². The standard InChI is InChI=1S/C46H44F12Si/c1-23-9-11-31-33(39(23)25-13-27(43(47,48)49)17-28(14-25)44(50,51)52)19-37(41(3,4)5)35(31)21-59-22-36-32-12-10-24(2)40(34(32)20-38(36)42(6,7)8)26-15-29(45(53,54)55)18-30(16-26)46(56,57)58/h9-20,35-36H,21-22,59H2,1-8H3. The first-order valence-electron chi connectivity index (χ1n) is 19.2. The highest BCUT2D eigenvalue weighted by atomic mass is 28.2. The van der Waals surface area contributed by atoms with E-state index in [1.54, 1.807) is 26.0 Å². The molecule has 0 bridgehead atoms. The lowest BCUT2D eigenvalue weighted by Crippen LogP contribution is -2.18. The van der Waals surface area contributed by atoms with Gasteiger partial charge in [-0.1, -0.05) is 101 Å². The highest BCUT2D eigenvalue weighted by Crippen LogP contribution is 2.54. The van der Waals surface area contributed by atoms with Gasteiger partial charge in [-0.2, -0.15) is 52.7 Å². The van der Waals surface area contributed by atoms with Crippen LogP contribution in [0.3, 0.4) is 0 Å². The molecule has 0 spiro atoms. The predicted octanol–water partition coefficient (Wildman–Crippen LogP) is 15.5. The number of halogens is 12. The van der Waals surface area contributed by atoms with Crippen molar-refractivity contribution in [1.82, 2.24) is 0 Å². The fourth-order valence-electron chi connectivity index (χ4n) is 8.85. The highest BCUT2D eigenvalue weighted by Gasteiger charge is 2.41. The molecule has 0 saturated carbocycles. The summed E-state index contributed by atoms with van der Waals surface area (Å²) in [4.78, 5) is 0. The average molecular weight is 853 g/mol. The van der Waals surface area contributed by atoms with Gasteiger partial charge in [-0.15, -0.1) is 0 Å². The first-order valence-corrected chi connectivity index (χ1v) is 21.2. The molecular formula is C46H44F12Si. The SMILES string of the molecule is Cc1ccc2c(c1-c1cc(C(F)(F)F)cc(C(F)(F)F)c1)C=C(C(C)(C)C)C2C[SiH2]CC1C(C(C)(C)C)=Cc2c1ccc(C)c2-c1cc(C(F)(F)F)cc(C(F)(F)F)c1. The van der Waals surface area contributed by atoms with Crippen molar-refractivity contribution in [2.75, 3.05) is 0 Å². The van der Waals surface area contributed by atoms with Crippen molar-refractivity contribution in [2.45, 2.75) is 104 Å². The molecule has 4 aromatic rings. The van der Waals surface area contributed by atoms with Crippen LogP contribution < -0.4 is 0 Å². The van der Waals surface area contributed by atoms with Gasteiger partial charge in [0.15, 0.2) is 0 Å². The van der Waals surface area contributed by atoms with E-state index < -0.39 is 67.3 Å². The van der Waals surface area contributed by atoms with Crippen LogP contribution in [0.15, 0.2) is 71.8 Å². The predicted molar refractivity (Wildman–Crippen MR) is 212 cm³/mol. The van der Waals surface area contributed by atoms with Crippen LogP contribution in [0.4, 0.5) is 52.7 Å². The van der Waals surface area contributed by atoms with Crippen LogP contribution in [0.2, 0.25) is 12.1 Å². The van der Waals surface area contributed by atoms with Gasteiger partial charge < -0.3 is 0 Å². The summed E-state index contributed by atoms with van der Waals surface area (Å²) < 4.78 is 167. The number of alkyl halides is 12. The lowest BCUT2D eigenvalue weighted by Gasteiger charge is -2.30. The molecule has 59 heavy (non-hydrogen) atoms. The molecule has 0 aliphatic heterocycles. The first-order chi connectivity index (χ1) is 26.9. The van der Waals surface area contributed by atoms with Crippen molar-refractivity contribution >= 4 is 21.7 Å². The Morgan fingerprint density at radius 3 is 0.983 bits per heavy atom. The largest absolute Gasteiger partial charge is 0.416 e. The second kappa shape index (κ2) is 14.7. The molecule has 6 rings (SSSR count). The second-order valence-electron chi connectivity index (χ2n) is 17.8. The quantitative estimate of drug-likeness (QED) is 0.134. The minimum atomic E-state index is -5.01. The van der Waals surface area contributed by atoms with Crippen LogP contribution in [0.5, 0.6) is 0 Å². The Balaban J connectivity index is 1.40. The Morgan fingerprint density at radius 1 is 0.441 bits per heavy atom. The molecule has 0 N–H and O–H groups in total. The van der Waals surface area contributed by atoms with E-state index in [4.69, 9.17) is 0 Å². The van der Waals surface area contributed by atoms with E-state index in [0.29, 0.717) is 45.5 Å². The Morgan fingerprint density at radius 2 is 0.729 bits per heavy atom. The van der Waals surface area contributed by atoms with Gasteiger partial charge in [-0.3, -0.25) is 0 Å². The molecule has 2 aliphatic carbocycles. The van der Waals surface area contributed by atoms with E-state index in [0.717, 1.165) is 46.5 Å². The van der Waals surface area contributed by atoms with E-state index in [-0.39, 0.29) is 35.1 Å². The summed E-state index contributed by atoms with van der Waals surface area (Å²) in [7, 11) is -1.05. The van der Waals surface area contributed by atoms with Gasteiger partial charge in [-0.25, -0.2) is 0 Å². The molecule has 4 aromatic carbocycles. The molecule has 2 aliphatic rings. The third-order valence-corrected chi connectivity index (χ3v) is 13.5. The van der Waals surface area contributed by atoms with Gasteiger partial charge in [0, 0.05) is 21.4 Å². The lowest BCUT2D eigenvalue weighted by molar-refractivity contribution is -0.144. The van der Waals surface area contributed by atoms with Crippen LogP contribution in [0, 0.1) is 24.7 Å². The Bertz CT molecular complexity index is 2120. The molecule has 0 fully saturated rings. The Hall–Kier alpha value is -4.26. The van der Waals surface area contributed by atoms with E-state index in [1.165, 1.54) is 0 Å². The third kappa shape index (κ3) is 8.82. The number of hydrogen-bond donors (Lipinski definition) is 0. The fraction of sp³-hybridized carbons (Fsp3) is 0.391. The molecule has 0 radical (unpaired) electrons. The average Bonchev–Trinajstić information content (AvgIpc) is 3.65. The number of rotatable bonds is 6. The number of hydrogen-bond acceptors (Lipinski definition) is 0. The summed E-state index contributed by atoms with van der Waals surface area (Å²) in [5.41, 5.74) is -0.330. The van der Waals surface area contributed by atoms with Crippen LogP contribution in [0.25, 0.3) is 34.4 Å². The molecule has 0 aromatic heterocycles. The van der Waals surface area contributed by atoms with Crippen LogP contribution >= 0.6 is 0 Å². The topological polar surface area (TPSA) is 0 Å². The maximum absolute atomic E-state index is 14.0. The number of benzene rings is 4. The number of aryl methyl sites for hydroxylation is 2. The van der Waals surface area contributed by atoms with E-state index in [9.17, 15) is 52.7 Å². The molecule has 2 atom stereocenters. The summed E-state index contributed by atoms with van der Waals surface area (Å²) in [5, 5.41) is 0. The lowest BCUT2D eigenvalue weighted by atomic mass is 9.79. The molecule has 0 amide bonds. The zero-order valence-corrected chi connectivity index (χ0v) is 35.2. The third-order valence-electron chi connectivity index (χ3n) is 11.5. The number of fused-ring (bicyclic) bond motifs is 2. The molecule has 0 saturated heterocycles. The van der Waals surface area contributed by atoms with Gasteiger partial charge in [-0.05, 0) is 117 Å². The van der Waals surface area contributed by atoms with Crippen molar-refractivity contribution in [3.8, 4) is 22.3 Å². The van der Waals surface area contributed by atoms with Crippen LogP contribution in [-0.2, 0) is 24.7 Å². The second-order valence-corrected chi connectivity index (χ2v) is 19.7. The highest BCUT2D eigenvalue weighted by molar-refractivity contribution is 6.36. The summed E-state index contributed by atoms with van der Waals surface area (Å²) in [6, 6.07) is 11.9. The van der Waals surface area contributed by atoms with E-state index in [2.05, 4.69) is 0 Å². The summed E-state index contributed by atoms with van der Waals surface area (Å²) in [6.45, 7) is 15.4. The smallest absolute Gasteiger partial charge is 0.166 e. The van der Waals surface area contributed by atoms with Crippen molar-refractivity contribution in [3.63, 3.8) is 0 Å². The van der Waals surface area contributed by atoms with Crippen molar-refractivity contribution in [2.24, 2.45) is 10.8 Å². The van der Waals surface area contributed by atoms with Crippen molar-refractivity contribution in [1.29, 1.82) is 0 Å². The Kier molecular flexibility index (Phi) is 11.1. The Labute approximate surface area is 338 Å². The summed E-state index contributed by atoms with van der Waals surface area (Å²) >= 11 is 0. The first kappa shape index (κ1) is 44.3. The molecule has 0 nitrogen and oxygen atoms in total. The summed E-state index contributed by atoms with van der Waals surface area (Å²) in [5.74, 6) is -0.349. The minimum absolute atomic E-state index is 0.123. The summed E-state index contributed by atoms with van der Waals surface area (Å²) in [6.07, 6.45) is -16.2. The van der Waals surface area contributed by atoms with Crippen LogP contribution in [-0.4, -0.2) is 9.52 Å². The van der Waals surface area contributed by atoms with Crippen molar-refractivity contribution in [3.05, 3.63) is 127 Å². The minimum Gasteiger partial charge on any atom is -0.166 e. The zero-order chi connectivity index (χ0) is 44.0. The molecular weight excluding hydrogens is 809 g/mol. The molecule has 13 heteroatoms. The fourth-order valence-corrected chi connectivity index (χ4v) is 11.1. The van der Waals surface area contributed by atoms with E-state index in [1.807, 2.05) is 65.8 Å².